The molecule has 0 atom stereocenters. The molecule has 24 heavy (non-hydrogen) atoms. The summed E-state index contributed by atoms with van der Waals surface area (Å²) in [4.78, 5) is 27.7. The first-order valence-corrected chi connectivity index (χ1v) is 7.80. The van der Waals surface area contributed by atoms with Crippen LogP contribution in [0.5, 0.6) is 0 Å². The Morgan fingerprint density at radius 2 is 1.96 bits per heavy atom. The molecule has 3 aromatic rings. The van der Waals surface area contributed by atoms with Gasteiger partial charge in [0, 0.05) is 22.2 Å². The smallest absolute Gasteiger partial charge is 0.244 e. The van der Waals surface area contributed by atoms with Crippen LogP contribution in [0.1, 0.15) is 57.3 Å². The first-order valence-electron chi connectivity index (χ1n) is 7.80. The van der Waals surface area contributed by atoms with Crippen LogP contribution >= 0.6 is 0 Å². The van der Waals surface area contributed by atoms with E-state index >= 15 is 0 Å². The van der Waals surface area contributed by atoms with Crippen LogP contribution in [0.15, 0.2) is 22.6 Å². The van der Waals surface area contributed by atoms with Crippen molar-refractivity contribution in [1.29, 1.82) is 0 Å². The van der Waals surface area contributed by atoms with E-state index in [1.54, 1.807) is 13.8 Å². The van der Waals surface area contributed by atoms with E-state index in [4.69, 9.17) is 4.42 Å². The zero-order chi connectivity index (χ0) is 17.6. The van der Waals surface area contributed by atoms with Crippen LogP contribution in [0.4, 0.5) is 4.39 Å². The van der Waals surface area contributed by atoms with Crippen molar-refractivity contribution in [3.8, 4) is 0 Å². The topological polar surface area (TPSA) is 63.1 Å². The molecular formula is C19H18FNO3. The van der Waals surface area contributed by atoms with Crippen molar-refractivity contribution in [1.82, 2.24) is 4.98 Å². The number of carbonyl (C=O) groups is 2. The molecule has 1 N–H and O–H groups in total. The van der Waals surface area contributed by atoms with Gasteiger partial charge in [-0.15, -0.1) is 0 Å². The molecule has 0 fully saturated rings. The second-order valence-corrected chi connectivity index (χ2v) is 5.91. The molecule has 0 radical (unpaired) electrons. The Kier molecular flexibility index (Phi) is 3.87. The summed E-state index contributed by atoms with van der Waals surface area (Å²) in [5.74, 6) is -0.598. The van der Waals surface area contributed by atoms with Crippen LogP contribution in [0, 0.1) is 19.7 Å². The lowest BCUT2D eigenvalue weighted by Crippen LogP contribution is -2.06. The van der Waals surface area contributed by atoms with Gasteiger partial charge in [0.2, 0.25) is 5.78 Å². The molecule has 4 nitrogen and oxygen atoms in total. The Labute approximate surface area is 138 Å². The molecule has 0 aliphatic carbocycles. The third-order valence-electron chi connectivity index (χ3n) is 4.33. The summed E-state index contributed by atoms with van der Waals surface area (Å²) >= 11 is 0. The number of aromatic nitrogens is 1. The van der Waals surface area contributed by atoms with Gasteiger partial charge in [0.25, 0.3) is 0 Å². The zero-order valence-corrected chi connectivity index (χ0v) is 14.0. The number of Topliss-reactive ketones (excluding diaryl/α,β-unsaturated/α-hetero) is 1. The normalized spacial score (nSPS) is 11.2. The van der Waals surface area contributed by atoms with Gasteiger partial charge in [0.1, 0.15) is 11.4 Å². The fourth-order valence-electron chi connectivity index (χ4n) is 3.27. The number of rotatable bonds is 4. The summed E-state index contributed by atoms with van der Waals surface area (Å²) in [6.45, 7) is 6.86. The Hall–Kier alpha value is -2.69. The molecule has 0 aliphatic rings. The molecule has 0 saturated carbocycles. The average Bonchev–Trinajstić information content (AvgIpc) is 3.03. The van der Waals surface area contributed by atoms with Gasteiger partial charge < -0.3 is 9.40 Å². The number of carbonyl (C=O) groups excluding carboxylic acids is 2. The Balaban J connectivity index is 2.19. The number of H-pyrrole nitrogens is 1. The molecule has 5 heteroatoms. The van der Waals surface area contributed by atoms with Crippen LogP contribution in [-0.2, 0) is 6.42 Å². The van der Waals surface area contributed by atoms with Gasteiger partial charge in [-0.25, -0.2) is 4.39 Å². The van der Waals surface area contributed by atoms with Crippen molar-refractivity contribution in [2.75, 3.05) is 0 Å². The summed E-state index contributed by atoms with van der Waals surface area (Å²) in [6, 6.07) is 4.20. The number of fused-ring (bicyclic) bond motifs is 1. The molecule has 0 amide bonds. The lowest BCUT2D eigenvalue weighted by Gasteiger charge is -2.00. The fraction of sp³-hybridized carbons (Fsp3) is 0.263. The number of benzene rings is 1. The van der Waals surface area contributed by atoms with Gasteiger partial charge >= 0.3 is 0 Å². The van der Waals surface area contributed by atoms with E-state index in [0.29, 0.717) is 45.5 Å². The number of halogens is 1. The molecule has 0 bridgehead atoms. The quantitative estimate of drug-likeness (QED) is 0.717. The van der Waals surface area contributed by atoms with E-state index in [1.807, 2.05) is 6.92 Å². The van der Waals surface area contributed by atoms with Crippen LogP contribution in [-0.4, -0.2) is 16.6 Å². The van der Waals surface area contributed by atoms with Crippen molar-refractivity contribution in [3.63, 3.8) is 0 Å². The monoisotopic (exact) mass is 327 g/mol. The summed E-state index contributed by atoms with van der Waals surface area (Å²) in [7, 11) is 0. The highest BCUT2D eigenvalue weighted by molar-refractivity contribution is 6.12. The van der Waals surface area contributed by atoms with E-state index < -0.39 is 0 Å². The van der Waals surface area contributed by atoms with E-state index in [2.05, 4.69) is 4.98 Å². The minimum Gasteiger partial charge on any atom is -0.452 e. The Bertz CT molecular complexity index is 978. The highest BCUT2D eigenvalue weighted by atomic mass is 19.1. The predicted molar refractivity (Wildman–Crippen MR) is 89.3 cm³/mol. The highest BCUT2D eigenvalue weighted by Gasteiger charge is 2.26. The van der Waals surface area contributed by atoms with E-state index in [-0.39, 0.29) is 23.1 Å². The van der Waals surface area contributed by atoms with Gasteiger partial charge in [-0.1, -0.05) is 6.92 Å². The third kappa shape index (κ3) is 2.37. The van der Waals surface area contributed by atoms with Gasteiger partial charge in [-0.3, -0.25) is 9.59 Å². The molecule has 0 saturated heterocycles. The molecule has 1 aromatic carbocycles. The number of aromatic amines is 1. The molecule has 0 spiro atoms. The number of hydrogen-bond donors (Lipinski definition) is 1. The first kappa shape index (κ1) is 16.2. The van der Waals surface area contributed by atoms with Crippen molar-refractivity contribution in [2.24, 2.45) is 0 Å². The number of furan rings is 1. The molecular weight excluding hydrogens is 309 g/mol. The van der Waals surface area contributed by atoms with Gasteiger partial charge in [-0.05, 0) is 51.0 Å². The lowest BCUT2D eigenvalue weighted by atomic mass is 10.0. The Morgan fingerprint density at radius 3 is 2.54 bits per heavy atom. The molecule has 124 valence electrons. The second kappa shape index (κ2) is 5.74. The van der Waals surface area contributed by atoms with E-state index in [0.717, 1.165) is 0 Å². The van der Waals surface area contributed by atoms with Gasteiger partial charge in [0.05, 0.1) is 5.69 Å². The zero-order valence-electron chi connectivity index (χ0n) is 14.0. The predicted octanol–water partition coefficient (Wildman–Crippen LogP) is 4.51. The van der Waals surface area contributed by atoms with Crippen molar-refractivity contribution >= 4 is 22.5 Å². The van der Waals surface area contributed by atoms with Crippen molar-refractivity contribution < 1.29 is 18.4 Å². The molecule has 2 aromatic heterocycles. The maximum Gasteiger partial charge on any atom is 0.244 e. The lowest BCUT2D eigenvalue weighted by molar-refractivity contribution is 0.100. The van der Waals surface area contributed by atoms with Crippen molar-refractivity contribution in [3.05, 3.63) is 57.9 Å². The maximum atomic E-state index is 13.5. The van der Waals surface area contributed by atoms with Crippen LogP contribution in [0.25, 0.3) is 11.0 Å². The van der Waals surface area contributed by atoms with E-state index in [1.165, 1.54) is 25.1 Å². The highest BCUT2D eigenvalue weighted by Crippen LogP contribution is 2.30. The second-order valence-electron chi connectivity index (χ2n) is 5.91. The molecule has 2 heterocycles. The van der Waals surface area contributed by atoms with Crippen LogP contribution in [0.3, 0.4) is 0 Å². The fourth-order valence-corrected chi connectivity index (χ4v) is 3.27. The first-order chi connectivity index (χ1) is 11.3. The standard InChI is InChI=1S/C19H18FNO3/c1-5-13-14-8-12(20)6-7-15(14)24-19(13)18(23)17-9(2)16(11(4)22)10(3)21-17/h6-8,21H,5H2,1-4H3. The van der Waals surface area contributed by atoms with Crippen LogP contribution < -0.4 is 0 Å². The molecule has 3 rings (SSSR count). The summed E-state index contributed by atoms with van der Waals surface area (Å²) in [5.41, 5.74) is 3.28. The molecule has 0 unspecified atom stereocenters. The van der Waals surface area contributed by atoms with Crippen molar-refractivity contribution in [2.45, 2.75) is 34.1 Å². The van der Waals surface area contributed by atoms with Crippen LogP contribution in [0.2, 0.25) is 0 Å². The van der Waals surface area contributed by atoms with Gasteiger partial charge in [-0.2, -0.15) is 0 Å². The Morgan fingerprint density at radius 1 is 1.25 bits per heavy atom. The number of nitrogens with one attached hydrogen (secondary N) is 1. The minimum atomic E-state index is -0.372. The number of ketones is 2. The summed E-state index contributed by atoms with van der Waals surface area (Å²) < 4.78 is 19.2. The molecule has 0 aliphatic heterocycles. The van der Waals surface area contributed by atoms with Gasteiger partial charge in [0.15, 0.2) is 11.5 Å². The number of aryl methyl sites for hydroxylation is 2. The summed E-state index contributed by atoms with van der Waals surface area (Å²) in [6.07, 6.45) is 0.538. The summed E-state index contributed by atoms with van der Waals surface area (Å²) in [5, 5.41) is 0.605. The van der Waals surface area contributed by atoms with E-state index in [9.17, 15) is 14.0 Å². The number of hydrogen-bond acceptors (Lipinski definition) is 3. The largest absolute Gasteiger partial charge is 0.452 e. The maximum absolute atomic E-state index is 13.5. The third-order valence-corrected chi connectivity index (χ3v) is 4.33. The minimum absolute atomic E-state index is 0.0947. The SMILES string of the molecule is CCc1c(C(=O)c2[nH]c(C)c(C(C)=O)c2C)oc2ccc(F)cc12. The average molecular weight is 327 g/mol.